The lowest BCUT2D eigenvalue weighted by Crippen LogP contribution is -2.22. The second kappa shape index (κ2) is 4.26. The highest BCUT2D eigenvalue weighted by atomic mass is 16.3. The average Bonchev–Trinajstić information content (AvgIpc) is 2.97. The third-order valence-corrected chi connectivity index (χ3v) is 2.28. The van der Waals surface area contributed by atoms with Gasteiger partial charge in [0, 0.05) is 18.2 Å². The molecule has 16 heavy (non-hydrogen) atoms. The smallest absolute Gasteiger partial charge is 0.244 e. The summed E-state index contributed by atoms with van der Waals surface area (Å²) in [6.45, 7) is 0. The summed E-state index contributed by atoms with van der Waals surface area (Å²) in [6, 6.07) is 4.51. The van der Waals surface area contributed by atoms with E-state index < -0.39 is 0 Å². The molecule has 0 bridgehead atoms. The molecule has 1 aliphatic rings. The van der Waals surface area contributed by atoms with Gasteiger partial charge in [-0.25, -0.2) is 0 Å². The molecule has 1 aromatic rings. The van der Waals surface area contributed by atoms with Crippen LogP contribution in [-0.4, -0.2) is 22.2 Å². The maximum absolute atomic E-state index is 11.3. The van der Waals surface area contributed by atoms with Crippen molar-refractivity contribution in [3.8, 4) is 11.5 Å². The molecule has 0 atom stereocenters. The number of amides is 1. The molecule has 0 unspecified atom stereocenters. The van der Waals surface area contributed by atoms with Crippen LogP contribution in [0.3, 0.4) is 0 Å². The zero-order valence-corrected chi connectivity index (χ0v) is 8.68. The SMILES string of the molecule is O=C(C=Cc1cc(O)cc(O)c1)NC1CC1. The molecule has 0 aromatic heterocycles. The molecular weight excluding hydrogens is 206 g/mol. The summed E-state index contributed by atoms with van der Waals surface area (Å²) in [7, 11) is 0. The molecule has 1 fully saturated rings. The van der Waals surface area contributed by atoms with E-state index in [0.29, 0.717) is 11.6 Å². The number of carbonyl (C=O) groups is 1. The highest BCUT2D eigenvalue weighted by molar-refractivity contribution is 5.92. The van der Waals surface area contributed by atoms with Crippen LogP contribution < -0.4 is 5.32 Å². The molecule has 1 aliphatic carbocycles. The van der Waals surface area contributed by atoms with Crippen molar-refractivity contribution in [1.29, 1.82) is 0 Å². The minimum absolute atomic E-state index is 0.0257. The van der Waals surface area contributed by atoms with Crippen molar-refractivity contribution in [3.63, 3.8) is 0 Å². The molecule has 0 spiro atoms. The van der Waals surface area contributed by atoms with Gasteiger partial charge >= 0.3 is 0 Å². The average molecular weight is 219 g/mol. The van der Waals surface area contributed by atoms with Crippen molar-refractivity contribution >= 4 is 12.0 Å². The Labute approximate surface area is 93.2 Å². The van der Waals surface area contributed by atoms with Crippen LogP contribution in [0, 0.1) is 0 Å². The van der Waals surface area contributed by atoms with E-state index >= 15 is 0 Å². The molecule has 1 amide bonds. The second-order valence-electron chi connectivity index (χ2n) is 3.90. The number of benzene rings is 1. The van der Waals surface area contributed by atoms with Crippen molar-refractivity contribution in [2.75, 3.05) is 0 Å². The lowest BCUT2D eigenvalue weighted by molar-refractivity contribution is -0.116. The van der Waals surface area contributed by atoms with E-state index in [1.165, 1.54) is 24.3 Å². The van der Waals surface area contributed by atoms with E-state index in [-0.39, 0.29) is 17.4 Å². The topological polar surface area (TPSA) is 69.6 Å². The van der Waals surface area contributed by atoms with Crippen molar-refractivity contribution in [2.45, 2.75) is 18.9 Å². The van der Waals surface area contributed by atoms with Crippen LogP contribution in [0.2, 0.25) is 0 Å². The summed E-state index contributed by atoms with van der Waals surface area (Å²) in [5.41, 5.74) is 0.587. The van der Waals surface area contributed by atoms with Crippen LogP contribution in [0.1, 0.15) is 18.4 Å². The molecule has 0 aliphatic heterocycles. The highest BCUT2D eigenvalue weighted by Gasteiger charge is 2.21. The van der Waals surface area contributed by atoms with Crippen molar-refractivity contribution in [2.24, 2.45) is 0 Å². The lowest BCUT2D eigenvalue weighted by Gasteiger charge is -1.99. The third-order valence-electron chi connectivity index (χ3n) is 2.28. The minimum Gasteiger partial charge on any atom is -0.508 e. The predicted octanol–water partition coefficient (Wildman–Crippen LogP) is 1.39. The van der Waals surface area contributed by atoms with Gasteiger partial charge in [-0.1, -0.05) is 0 Å². The van der Waals surface area contributed by atoms with Gasteiger partial charge in [0.15, 0.2) is 0 Å². The van der Waals surface area contributed by atoms with E-state index in [2.05, 4.69) is 5.32 Å². The summed E-state index contributed by atoms with van der Waals surface area (Å²) in [5, 5.41) is 21.2. The number of phenols is 2. The van der Waals surface area contributed by atoms with Crippen LogP contribution in [0.15, 0.2) is 24.3 Å². The first kappa shape index (κ1) is 10.5. The van der Waals surface area contributed by atoms with Crippen LogP contribution in [0.5, 0.6) is 11.5 Å². The third kappa shape index (κ3) is 3.02. The second-order valence-corrected chi connectivity index (χ2v) is 3.90. The molecule has 0 saturated heterocycles. The van der Waals surface area contributed by atoms with Gasteiger partial charge in [-0.15, -0.1) is 0 Å². The first-order valence-electron chi connectivity index (χ1n) is 5.15. The molecular formula is C12H13NO3. The fourth-order valence-corrected chi connectivity index (χ4v) is 1.36. The maximum atomic E-state index is 11.3. The summed E-state index contributed by atoms with van der Waals surface area (Å²) in [6.07, 6.45) is 5.04. The number of carbonyl (C=O) groups excluding carboxylic acids is 1. The largest absolute Gasteiger partial charge is 0.508 e. The molecule has 4 heteroatoms. The fourth-order valence-electron chi connectivity index (χ4n) is 1.36. The Kier molecular flexibility index (Phi) is 2.81. The van der Waals surface area contributed by atoms with Gasteiger partial charge in [0.1, 0.15) is 11.5 Å². The summed E-state index contributed by atoms with van der Waals surface area (Å²) < 4.78 is 0. The number of rotatable bonds is 3. The summed E-state index contributed by atoms with van der Waals surface area (Å²) >= 11 is 0. The van der Waals surface area contributed by atoms with Gasteiger partial charge in [-0.05, 0) is 36.6 Å². The number of phenolic OH excluding ortho intramolecular Hbond substituents is 2. The Morgan fingerprint density at radius 3 is 2.44 bits per heavy atom. The lowest BCUT2D eigenvalue weighted by atomic mass is 10.2. The first-order valence-corrected chi connectivity index (χ1v) is 5.15. The van der Waals surface area contributed by atoms with Crippen molar-refractivity contribution in [1.82, 2.24) is 5.32 Å². The molecule has 0 heterocycles. The molecule has 84 valence electrons. The Balaban J connectivity index is 2.01. The zero-order chi connectivity index (χ0) is 11.5. The highest BCUT2D eigenvalue weighted by Crippen LogP contribution is 2.21. The monoisotopic (exact) mass is 219 g/mol. The number of nitrogens with one attached hydrogen (secondary N) is 1. The number of hydrogen-bond acceptors (Lipinski definition) is 3. The quantitative estimate of drug-likeness (QED) is 0.673. The predicted molar refractivity (Wildman–Crippen MR) is 60.0 cm³/mol. The first-order chi connectivity index (χ1) is 7.63. The standard InChI is InChI=1S/C12H13NO3/c14-10-5-8(6-11(15)7-10)1-4-12(16)13-9-2-3-9/h1,4-7,9,14-15H,2-3H2,(H,13,16). The molecule has 0 radical (unpaired) electrons. The van der Waals surface area contributed by atoms with Gasteiger partial charge in [0.25, 0.3) is 0 Å². The van der Waals surface area contributed by atoms with Crippen molar-refractivity contribution < 1.29 is 15.0 Å². The molecule has 1 saturated carbocycles. The van der Waals surface area contributed by atoms with Crippen LogP contribution >= 0.6 is 0 Å². The Morgan fingerprint density at radius 1 is 1.25 bits per heavy atom. The maximum Gasteiger partial charge on any atom is 0.244 e. The Bertz CT molecular complexity index is 416. The molecule has 2 rings (SSSR count). The van der Waals surface area contributed by atoms with Gasteiger partial charge < -0.3 is 15.5 Å². The van der Waals surface area contributed by atoms with E-state index in [1.807, 2.05) is 0 Å². The number of aromatic hydroxyl groups is 2. The minimum atomic E-state index is -0.148. The van der Waals surface area contributed by atoms with E-state index in [0.717, 1.165) is 12.8 Å². The fraction of sp³-hybridized carbons (Fsp3) is 0.250. The van der Waals surface area contributed by atoms with Crippen LogP contribution in [-0.2, 0) is 4.79 Å². The van der Waals surface area contributed by atoms with Crippen LogP contribution in [0.25, 0.3) is 6.08 Å². The molecule has 1 aromatic carbocycles. The van der Waals surface area contributed by atoms with E-state index in [4.69, 9.17) is 0 Å². The van der Waals surface area contributed by atoms with Gasteiger partial charge in [-0.3, -0.25) is 4.79 Å². The molecule has 4 nitrogen and oxygen atoms in total. The Hall–Kier alpha value is -1.97. The van der Waals surface area contributed by atoms with Crippen LogP contribution in [0.4, 0.5) is 0 Å². The van der Waals surface area contributed by atoms with Gasteiger partial charge in [-0.2, -0.15) is 0 Å². The summed E-state index contributed by atoms with van der Waals surface area (Å²) in [4.78, 5) is 11.3. The van der Waals surface area contributed by atoms with Gasteiger partial charge in [0.05, 0.1) is 0 Å². The Morgan fingerprint density at radius 2 is 1.88 bits per heavy atom. The zero-order valence-electron chi connectivity index (χ0n) is 8.68. The summed E-state index contributed by atoms with van der Waals surface area (Å²) in [5.74, 6) is -0.199. The molecule has 3 N–H and O–H groups in total. The van der Waals surface area contributed by atoms with Crippen molar-refractivity contribution in [3.05, 3.63) is 29.8 Å². The van der Waals surface area contributed by atoms with E-state index in [9.17, 15) is 15.0 Å². The van der Waals surface area contributed by atoms with E-state index in [1.54, 1.807) is 6.08 Å². The normalized spacial score (nSPS) is 15.2. The van der Waals surface area contributed by atoms with Gasteiger partial charge in [0.2, 0.25) is 5.91 Å². The number of hydrogen-bond donors (Lipinski definition) is 3.